The van der Waals surface area contributed by atoms with Gasteiger partial charge in [-0.1, -0.05) is 6.92 Å². The average Bonchev–Trinajstić information content (AvgIpc) is 2.90. The molecule has 2 aliphatic rings. The number of carboxylic acid groups (broad SMARTS) is 1. The highest BCUT2D eigenvalue weighted by Gasteiger charge is 2.32. The molecule has 150 valence electrons. The Morgan fingerprint density at radius 1 is 1.21 bits per heavy atom. The lowest BCUT2D eigenvalue weighted by molar-refractivity contribution is 0.0687. The predicted octanol–water partition coefficient (Wildman–Crippen LogP) is 2.46. The van der Waals surface area contributed by atoms with E-state index in [9.17, 15) is 9.90 Å². The number of fused-ring (bicyclic) bond motifs is 1. The molecular formula is C21H29N5O2. The Labute approximate surface area is 166 Å². The van der Waals surface area contributed by atoms with Crippen molar-refractivity contribution < 1.29 is 9.90 Å². The standard InChI is InChI=1S/C21H29N5O2/c1-2-10-26-19-5-4-17(15-18(19)20(23-26)21(27)28)25-12-3-11-24(13-14-25)16-6-8-22-9-7-16/h6-9,17H,2-5,10-15H2,1H3,(H,27,28)/t17-/m0/s1. The lowest BCUT2D eigenvalue weighted by Gasteiger charge is -2.34. The molecule has 0 amide bonds. The molecule has 1 N–H and O–H groups in total. The Morgan fingerprint density at radius 3 is 2.79 bits per heavy atom. The van der Waals surface area contributed by atoms with E-state index in [1.807, 2.05) is 17.1 Å². The molecule has 0 unspecified atom stereocenters. The minimum absolute atomic E-state index is 0.265. The first-order chi connectivity index (χ1) is 13.7. The second-order valence-electron chi connectivity index (χ2n) is 7.78. The third-order valence-electron chi connectivity index (χ3n) is 6.03. The van der Waals surface area contributed by atoms with Gasteiger partial charge in [-0.05, 0) is 44.2 Å². The third kappa shape index (κ3) is 3.76. The van der Waals surface area contributed by atoms with Crippen molar-refractivity contribution in [1.29, 1.82) is 0 Å². The van der Waals surface area contributed by atoms with Crippen molar-refractivity contribution in [2.24, 2.45) is 0 Å². The highest BCUT2D eigenvalue weighted by Crippen LogP contribution is 2.29. The summed E-state index contributed by atoms with van der Waals surface area (Å²) < 4.78 is 1.93. The first-order valence-electron chi connectivity index (χ1n) is 10.4. The summed E-state index contributed by atoms with van der Waals surface area (Å²) in [5, 5.41) is 14.0. The number of carboxylic acids is 1. The first kappa shape index (κ1) is 18.9. The van der Waals surface area contributed by atoms with Gasteiger partial charge in [-0.3, -0.25) is 14.6 Å². The Morgan fingerprint density at radius 2 is 2.04 bits per heavy atom. The molecular weight excluding hydrogens is 354 g/mol. The van der Waals surface area contributed by atoms with Crippen LogP contribution in [0.3, 0.4) is 0 Å². The second-order valence-corrected chi connectivity index (χ2v) is 7.78. The molecule has 1 aliphatic heterocycles. The van der Waals surface area contributed by atoms with E-state index in [1.54, 1.807) is 0 Å². The minimum Gasteiger partial charge on any atom is -0.476 e. The molecule has 4 rings (SSSR count). The molecule has 2 aromatic heterocycles. The summed E-state index contributed by atoms with van der Waals surface area (Å²) in [5.74, 6) is -0.897. The summed E-state index contributed by atoms with van der Waals surface area (Å²) in [5.41, 5.74) is 3.61. The van der Waals surface area contributed by atoms with Gasteiger partial charge in [0.2, 0.25) is 0 Å². The van der Waals surface area contributed by atoms with Crippen LogP contribution in [0.25, 0.3) is 0 Å². The summed E-state index contributed by atoms with van der Waals surface area (Å²) in [6.45, 7) is 7.01. The number of pyridine rings is 1. The Hall–Kier alpha value is -2.41. The minimum atomic E-state index is -0.897. The molecule has 2 aromatic rings. The van der Waals surface area contributed by atoms with Gasteiger partial charge in [0.05, 0.1) is 0 Å². The van der Waals surface area contributed by atoms with E-state index in [0.29, 0.717) is 6.04 Å². The number of aromatic carboxylic acids is 1. The number of aromatic nitrogens is 3. The summed E-state index contributed by atoms with van der Waals surface area (Å²) >= 11 is 0. The molecule has 0 aromatic carbocycles. The summed E-state index contributed by atoms with van der Waals surface area (Å²) in [6.07, 6.45) is 8.59. The highest BCUT2D eigenvalue weighted by molar-refractivity contribution is 5.87. The monoisotopic (exact) mass is 383 g/mol. The largest absolute Gasteiger partial charge is 0.476 e. The van der Waals surface area contributed by atoms with E-state index < -0.39 is 5.97 Å². The molecule has 7 heteroatoms. The van der Waals surface area contributed by atoms with Gasteiger partial charge in [0.1, 0.15) is 0 Å². The molecule has 0 radical (unpaired) electrons. The number of hydrogen-bond donors (Lipinski definition) is 1. The summed E-state index contributed by atoms with van der Waals surface area (Å²) in [7, 11) is 0. The maximum absolute atomic E-state index is 11.7. The van der Waals surface area contributed by atoms with Crippen LogP contribution in [-0.2, 0) is 19.4 Å². The van der Waals surface area contributed by atoms with E-state index in [1.165, 1.54) is 5.69 Å². The van der Waals surface area contributed by atoms with Gasteiger partial charge in [0.15, 0.2) is 5.69 Å². The molecule has 3 heterocycles. The van der Waals surface area contributed by atoms with Crippen molar-refractivity contribution in [2.45, 2.75) is 51.6 Å². The van der Waals surface area contributed by atoms with Crippen LogP contribution in [0.1, 0.15) is 47.9 Å². The van der Waals surface area contributed by atoms with Crippen LogP contribution in [0.15, 0.2) is 24.5 Å². The van der Waals surface area contributed by atoms with Crippen LogP contribution in [0.4, 0.5) is 5.69 Å². The zero-order valence-corrected chi connectivity index (χ0v) is 16.5. The SMILES string of the molecule is CCCn1nc(C(=O)O)c2c1CC[C@H](N1CCCN(c3ccncc3)CC1)C2. The average molecular weight is 383 g/mol. The smallest absolute Gasteiger partial charge is 0.356 e. The highest BCUT2D eigenvalue weighted by atomic mass is 16.4. The number of rotatable bonds is 5. The third-order valence-corrected chi connectivity index (χ3v) is 6.03. The summed E-state index contributed by atoms with van der Waals surface area (Å²) in [6, 6.07) is 4.55. The number of carbonyl (C=O) groups is 1. The van der Waals surface area contributed by atoms with Gasteiger partial charge in [0, 0.05) is 68.1 Å². The lowest BCUT2D eigenvalue weighted by atomic mass is 9.90. The fourth-order valence-electron chi connectivity index (χ4n) is 4.67. The molecule has 7 nitrogen and oxygen atoms in total. The molecule has 1 fully saturated rings. The zero-order chi connectivity index (χ0) is 19.5. The number of aryl methyl sites for hydroxylation is 1. The van der Waals surface area contributed by atoms with Crippen molar-refractivity contribution in [2.75, 3.05) is 31.1 Å². The van der Waals surface area contributed by atoms with E-state index in [-0.39, 0.29) is 5.69 Å². The van der Waals surface area contributed by atoms with E-state index in [2.05, 4.69) is 38.9 Å². The van der Waals surface area contributed by atoms with Crippen LogP contribution in [0, 0.1) is 0 Å². The maximum Gasteiger partial charge on any atom is 0.356 e. The van der Waals surface area contributed by atoms with Crippen molar-refractivity contribution in [3.63, 3.8) is 0 Å². The van der Waals surface area contributed by atoms with Crippen LogP contribution >= 0.6 is 0 Å². The van der Waals surface area contributed by atoms with Gasteiger partial charge in [-0.25, -0.2) is 4.79 Å². The van der Waals surface area contributed by atoms with Crippen molar-refractivity contribution in [1.82, 2.24) is 19.7 Å². The summed E-state index contributed by atoms with van der Waals surface area (Å²) in [4.78, 5) is 20.8. The van der Waals surface area contributed by atoms with Gasteiger partial charge >= 0.3 is 5.97 Å². The lowest BCUT2D eigenvalue weighted by Crippen LogP contribution is -2.42. The maximum atomic E-state index is 11.7. The molecule has 28 heavy (non-hydrogen) atoms. The van der Waals surface area contributed by atoms with Gasteiger partial charge in [-0.2, -0.15) is 5.10 Å². The van der Waals surface area contributed by atoms with Crippen LogP contribution < -0.4 is 4.90 Å². The molecule has 1 atom stereocenters. The molecule has 0 saturated carbocycles. The molecule has 0 spiro atoms. The molecule has 1 aliphatic carbocycles. The Kier molecular flexibility index (Phi) is 5.62. The van der Waals surface area contributed by atoms with E-state index >= 15 is 0 Å². The molecule has 1 saturated heterocycles. The van der Waals surface area contributed by atoms with Crippen LogP contribution in [0.5, 0.6) is 0 Å². The quantitative estimate of drug-likeness (QED) is 0.855. The van der Waals surface area contributed by atoms with Gasteiger partial charge in [-0.15, -0.1) is 0 Å². The number of hydrogen-bond acceptors (Lipinski definition) is 5. The van der Waals surface area contributed by atoms with Gasteiger partial charge in [0.25, 0.3) is 0 Å². The van der Waals surface area contributed by atoms with E-state index in [4.69, 9.17) is 0 Å². The second kappa shape index (κ2) is 8.31. The fourth-order valence-corrected chi connectivity index (χ4v) is 4.67. The number of nitrogens with zero attached hydrogens (tertiary/aromatic N) is 5. The normalized spacial score (nSPS) is 20.6. The Bertz CT molecular complexity index is 820. The molecule has 0 bridgehead atoms. The number of anilines is 1. The van der Waals surface area contributed by atoms with Crippen LogP contribution in [-0.4, -0.2) is 63.0 Å². The van der Waals surface area contributed by atoms with Crippen molar-refractivity contribution >= 4 is 11.7 Å². The zero-order valence-electron chi connectivity index (χ0n) is 16.5. The Balaban J connectivity index is 1.48. The van der Waals surface area contributed by atoms with E-state index in [0.717, 1.165) is 76.1 Å². The first-order valence-corrected chi connectivity index (χ1v) is 10.4. The van der Waals surface area contributed by atoms with Crippen molar-refractivity contribution in [3.8, 4) is 0 Å². The fraction of sp³-hybridized carbons (Fsp3) is 0.571. The van der Waals surface area contributed by atoms with Gasteiger partial charge < -0.3 is 10.0 Å². The topological polar surface area (TPSA) is 74.5 Å². The van der Waals surface area contributed by atoms with Crippen molar-refractivity contribution in [3.05, 3.63) is 41.5 Å². The predicted molar refractivity (Wildman–Crippen MR) is 108 cm³/mol. The van der Waals surface area contributed by atoms with Crippen LogP contribution in [0.2, 0.25) is 0 Å².